The zero-order chi connectivity index (χ0) is 12.3. The standard InChI is InChI=1S/C15H21NO/c1-16(2)14-10-7-12(8-11-14)6-9-13-4-3-5-15(13)17/h7-8,10-11,13H,3-6,9H2,1-2H3. The highest BCUT2D eigenvalue weighted by Gasteiger charge is 2.23. The van der Waals surface area contributed by atoms with Gasteiger partial charge in [0, 0.05) is 32.1 Å². The number of Topliss-reactive ketones (excluding diaryl/α,β-unsaturated/α-hetero) is 1. The first kappa shape index (κ1) is 12.2. The number of hydrogen-bond donors (Lipinski definition) is 0. The Morgan fingerprint density at radius 2 is 1.94 bits per heavy atom. The molecule has 0 spiro atoms. The van der Waals surface area contributed by atoms with Gasteiger partial charge in [-0.1, -0.05) is 12.1 Å². The van der Waals surface area contributed by atoms with Gasteiger partial charge in [0.25, 0.3) is 0 Å². The zero-order valence-corrected chi connectivity index (χ0v) is 10.8. The minimum atomic E-state index is 0.337. The van der Waals surface area contributed by atoms with Crippen LogP contribution in [-0.2, 0) is 11.2 Å². The molecule has 2 nitrogen and oxygen atoms in total. The fraction of sp³-hybridized carbons (Fsp3) is 0.533. The first-order chi connectivity index (χ1) is 8.16. The van der Waals surface area contributed by atoms with Crippen molar-refractivity contribution in [1.82, 2.24) is 0 Å². The summed E-state index contributed by atoms with van der Waals surface area (Å²) in [7, 11) is 4.10. The van der Waals surface area contributed by atoms with Gasteiger partial charge in [-0.2, -0.15) is 0 Å². The van der Waals surface area contributed by atoms with Crippen molar-refractivity contribution in [3.05, 3.63) is 29.8 Å². The molecule has 1 saturated carbocycles. The van der Waals surface area contributed by atoms with E-state index in [1.54, 1.807) is 0 Å². The van der Waals surface area contributed by atoms with E-state index in [0.717, 1.165) is 32.1 Å². The number of carbonyl (C=O) groups is 1. The van der Waals surface area contributed by atoms with Crippen LogP contribution in [0.25, 0.3) is 0 Å². The van der Waals surface area contributed by atoms with Crippen molar-refractivity contribution in [3.8, 4) is 0 Å². The summed E-state index contributed by atoms with van der Waals surface area (Å²) in [5.74, 6) is 0.818. The van der Waals surface area contributed by atoms with Gasteiger partial charge in [-0.25, -0.2) is 0 Å². The van der Waals surface area contributed by atoms with E-state index in [0.29, 0.717) is 11.7 Å². The second-order valence-electron chi connectivity index (χ2n) is 5.16. The quantitative estimate of drug-likeness (QED) is 0.793. The minimum Gasteiger partial charge on any atom is -0.378 e. The summed E-state index contributed by atoms with van der Waals surface area (Å²) in [6, 6.07) is 8.64. The Bertz CT molecular complexity index is 380. The summed E-state index contributed by atoms with van der Waals surface area (Å²) in [5.41, 5.74) is 2.57. The Kier molecular flexibility index (Phi) is 3.82. The smallest absolute Gasteiger partial charge is 0.135 e. The predicted octanol–water partition coefficient (Wildman–Crippen LogP) is 3.05. The average molecular weight is 231 g/mol. The van der Waals surface area contributed by atoms with E-state index in [1.807, 2.05) is 14.1 Å². The highest BCUT2D eigenvalue weighted by molar-refractivity contribution is 5.82. The molecule has 17 heavy (non-hydrogen) atoms. The summed E-state index contributed by atoms with van der Waals surface area (Å²) < 4.78 is 0. The van der Waals surface area contributed by atoms with Crippen LogP contribution in [0.5, 0.6) is 0 Å². The highest BCUT2D eigenvalue weighted by Crippen LogP contribution is 2.26. The van der Waals surface area contributed by atoms with Crippen molar-refractivity contribution in [3.63, 3.8) is 0 Å². The van der Waals surface area contributed by atoms with Crippen LogP contribution in [0, 0.1) is 5.92 Å². The van der Waals surface area contributed by atoms with Gasteiger partial charge in [-0.05, 0) is 43.4 Å². The maximum atomic E-state index is 11.5. The van der Waals surface area contributed by atoms with Crippen molar-refractivity contribution in [2.45, 2.75) is 32.1 Å². The summed E-state index contributed by atoms with van der Waals surface area (Å²) in [6.07, 6.45) is 5.08. The van der Waals surface area contributed by atoms with Crippen LogP contribution in [0.15, 0.2) is 24.3 Å². The molecule has 1 atom stereocenters. The number of anilines is 1. The fourth-order valence-corrected chi connectivity index (χ4v) is 2.49. The molecule has 0 radical (unpaired) electrons. The normalized spacial score (nSPS) is 19.6. The lowest BCUT2D eigenvalue weighted by molar-refractivity contribution is -0.120. The van der Waals surface area contributed by atoms with Gasteiger partial charge in [0.1, 0.15) is 5.78 Å². The maximum Gasteiger partial charge on any atom is 0.135 e. The van der Waals surface area contributed by atoms with Gasteiger partial charge in [0.15, 0.2) is 0 Å². The van der Waals surface area contributed by atoms with Crippen LogP contribution in [0.2, 0.25) is 0 Å². The lowest BCUT2D eigenvalue weighted by Crippen LogP contribution is -2.09. The molecule has 92 valence electrons. The monoisotopic (exact) mass is 231 g/mol. The number of benzene rings is 1. The van der Waals surface area contributed by atoms with Crippen molar-refractivity contribution < 1.29 is 4.79 Å². The first-order valence-corrected chi connectivity index (χ1v) is 6.46. The van der Waals surface area contributed by atoms with Gasteiger partial charge in [-0.15, -0.1) is 0 Å². The molecule has 2 heteroatoms. The number of hydrogen-bond acceptors (Lipinski definition) is 2. The fourth-order valence-electron chi connectivity index (χ4n) is 2.49. The third-order valence-electron chi connectivity index (χ3n) is 3.67. The molecular weight excluding hydrogens is 210 g/mol. The highest BCUT2D eigenvalue weighted by atomic mass is 16.1. The van der Waals surface area contributed by atoms with Crippen molar-refractivity contribution in [1.29, 1.82) is 0 Å². The molecule has 0 N–H and O–H groups in total. The number of ketones is 1. The summed E-state index contributed by atoms with van der Waals surface area (Å²) in [4.78, 5) is 13.6. The summed E-state index contributed by atoms with van der Waals surface area (Å²) >= 11 is 0. The molecule has 0 aliphatic heterocycles. The van der Waals surface area contributed by atoms with Gasteiger partial charge < -0.3 is 4.90 Å². The third-order valence-corrected chi connectivity index (χ3v) is 3.67. The molecule has 1 aromatic rings. The summed E-state index contributed by atoms with van der Waals surface area (Å²) in [6.45, 7) is 0. The van der Waals surface area contributed by atoms with Gasteiger partial charge >= 0.3 is 0 Å². The second-order valence-corrected chi connectivity index (χ2v) is 5.16. The van der Waals surface area contributed by atoms with E-state index in [1.165, 1.54) is 11.3 Å². The van der Waals surface area contributed by atoms with E-state index in [4.69, 9.17) is 0 Å². The molecule has 0 aromatic heterocycles. The van der Waals surface area contributed by atoms with Gasteiger partial charge in [0.05, 0.1) is 0 Å². The van der Waals surface area contributed by atoms with E-state index in [-0.39, 0.29) is 0 Å². The molecule has 1 unspecified atom stereocenters. The SMILES string of the molecule is CN(C)c1ccc(CCC2CCCC2=O)cc1. The zero-order valence-electron chi connectivity index (χ0n) is 10.8. The van der Waals surface area contributed by atoms with Crippen LogP contribution >= 0.6 is 0 Å². The number of rotatable bonds is 4. The molecule has 1 aromatic carbocycles. The van der Waals surface area contributed by atoms with Crippen LogP contribution < -0.4 is 4.90 Å². The average Bonchev–Trinajstić information content (AvgIpc) is 2.73. The number of aryl methyl sites for hydroxylation is 1. The maximum absolute atomic E-state index is 11.5. The molecule has 1 aliphatic carbocycles. The van der Waals surface area contributed by atoms with Crippen LogP contribution in [0.1, 0.15) is 31.2 Å². The largest absolute Gasteiger partial charge is 0.378 e. The van der Waals surface area contributed by atoms with E-state index < -0.39 is 0 Å². The number of nitrogens with zero attached hydrogens (tertiary/aromatic N) is 1. The van der Waals surface area contributed by atoms with Crippen molar-refractivity contribution in [2.75, 3.05) is 19.0 Å². The molecular formula is C15H21NO. The molecule has 1 aliphatic rings. The van der Waals surface area contributed by atoms with E-state index >= 15 is 0 Å². The molecule has 0 amide bonds. The predicted molar refractivity (Wildman–Crippen MR) is 71.4 cm³/mol. The minimum absolute atomic E-state index is 0.337. The lowest BCUT2D eigenvalue weighted by atomic mass is 9.97. The van der Waals surface area contributed by atoms with Crippen LogP contribution in [0.3, 0.4) is 0 Å². The Morgan fingerprint density at radius 1 is 1.24 bits per heavy atom. The van der Waals surface area contributed by atoms with Crippen molar-refractivity contribution >= 4 is 11.5 Å². The van der Waals surface area contributed by atoms with Crippen molar-refractivity contribution in [2.24, 2.45) is 5.92 Å². The molecule has 0 saturated heterocycles. The first-order valence-electron chi connectivity index (χ1n) is 6.46. The third kappa shape index (κ3) is 3.09. The summed E-state index contributed by atoms with van der Waals surface area (Å²) in [5, 5.41) is 0. The van der Waals surface area contributed by atoms with Crippen LogP contribution in [0.4, 0.5) is 5.69 Å². The lowest BCUT2D eigenvalue weighted by Gasteiger charge is -2.13. The Balaban J connectivity index is 1.88. The topological polar surface area (TPSA) is 20.3 Å². The molecule has 0 bridgehead atoms. The molecule has 1 fully saturated rings. The van der Waals surface area contributed by atoms with E-state index in [9.17, 15) is 4.79 Å². The molecule has 0 heterocycles. The Hall–Kier alpha value is -1.31. The van der Waals surface area contributed by atoms with Gasteiger partial charge in [-0.3, -0.25) is 4.79 Å². The van der Waals surface area contributed by atoms with E-state index in [2.05, 4.69) is 29.2 Å². The Labute approximate surface area is 104 Å². The number of carbonyl (C=O) groups excluding carboxylic acids is 1. The second kappa shape index (κ2) is 5.35. The Morgan fingerprint density at radius 3 is 2.47 bits per heavy atom. The van der Waals surface area contributed by atoms with Crippen LogP contribution in [-0.4, -0.2) is 19.9 Å². The molecule has 2 rings (SSSR count). The van der Waals surface area contributed by atoms with Gasteiger partial charge in [0.2, 0.25) is 0 Å².